The summed E-state index contributed by atoms with van der Waals surface area (Å²) in [7, 11) is 0. The second-order valence-corrected chi connectivity index (χ2v) is 4.14. The number of carbonyl (C=O) groups is 1. The predicted octanol–water partition coefficient (Wildman–Crippen LogP) is 2.69. The summed E-state index contributed by atoms with van der Waals surface area (Å²) in [6.45, 7) is 2.81. The third kappa shape index (κ3) is 3.50. The smallest absolute Gasteiger partial charge is 0.274 e. The third-order valence-corrected chi connectivity index (χ3v) is 2.56. The van der Waals surface area contributed by atoms with E-state index in [9.17, 15) is 9.18 Å². The van der Waals surface area contributed by atoms with Crippen LogP contribution in [0.4, 0.5) is 15.9 Å². The molecule has 6 heteroatoms. The van der Waals surface area contributed by atoms with Crippen LogP contribution in [-0.2, 0) is 0 Å². The zero-order chi connectivity index (χ0) is 14.4. The molecule has 20 heavy (non-hydrogen) atoms. The Hall–Kier alpha value is -2.50. The molecule has 2 aromatic heterocycles. The summed E-state index contributed by atoms with van der Waals surface area (Å²) in [5.41, 5.74) is 0.307. The topological polar surface area (TPSA) is 66.9 Å². The standard InChI is InChI=1S/C14H15FN4O/c1-2-7-17-13-5-3-4-12(18-13)14(20)19-11-6-8-16-9-10(11)15/h3-6,8-9H,2,7H2,1H3,(H,17,18)(H,16,19,20). The Morgan fingerprint density at radius 3 is 2.95 bits per heavy atom. The molecule has 0 fully saturated rings. The van der Waals surface area contributed by atoms with Crippen molar-refractivity contribution < 1.29 is 9.18 Å². The fourth-order valence-corrected chi connectivity index (χ4v) is 1.58. The van der Waals surface area contributed by atoms with Crippen molar-refractivity contribution in [1.82, 2.24) is 9.97 Å². The summed E-state index contributed by atoms with van der Waals surface area (Å²) >= 11 is 0. The number of hydrogen-bond acceptors (Lipinski definition) is 4. The molecule has 5 nitrogen and oxygen atoms in total. The van der Waals surface area contributed by atoms with E-state index in [1.165, 1.54) is 12.3 Å². The molecule has 0 aliphatic heterocycles. The van der Waals surface area contributed by atoms with Gasteiger partial charge < -0.3 is 10.6 Å². The first-order valence-corrected chi connectivity index (χ1v) is 6.32. The largest absolute Gasteiger partial charge is 0.370 e. The number of hydrogen-bond donors (Lipinski definition) is 2. The molecule has 0 saturated heterocycles. The van der Waals surface area contributed by atoms with Gasteiger partial charge in [0, 0.05) is 12.7 Å². The second kappa shape index (κ2) is 6.60. The summed E-state index contributed by atoms with van der Waals surface area (Å²) < 4.78 is 13.4. The Balaban J connectivity index is 2.11. The molecule has 0 radical (unpaired) electrons. The molecule has 0 spiro atoms. The molecule has 2 heterocycles. The molecule has 0 saturated carbocycles. The van der Waals surface area contributed by atoms with E-state index >= 15 is 0 Å². The molecule has 104 valence electrons. The lowest BCUT2D eigenvalue weighted by Crippen LogP contribution is -2.15. The molecule has 1 amide bonds. The molecular formula is C14H15FN4O. The molecule has 0 aliphatic carbocycles. The van der Waals surface area contributed by atoms with Crippen LogP contribution >= 0.6 is 0 Å². The fraction of sp³-hybridized carbons (Fsp3) is 0.214. The Kier molecular flexibility index (Phi) is 4.60. The van der Waals surface area contributed by atoms with E-state index in [1.807, 2.05) is 6.92 Å². The second-order valence-electron chi connectivity index (χ2n) is 4.14. The minimum Gasteiger partial charge on any atom is -0.370 e. The van der Waals surface area contributed by atoms with Gasteiger partial charge in [0.1, 0.15) is 11.5 Å². The van der Waals surface area contributed by atoms with Crippen molar-refractivity contribution in [3.63, 3.8) is 0 Å². The Morgan fingerprint density at radius 1 is 1.35 bits per heavy atom. The van der Waals surface area contributed by atoms with Gasteiger partial charge in [-0.15, -0.1) is 0 Å². The number of halogens is 1. The van der Waals surface area contributed by atoms with Crippen LogP contribution in [0, 0.1) is 5.82 Å². The number of carbonyl (C=O) groups excluding carboxylic acids is 1. The van der Waals surface area contributed by atoms with Gasteiger partial charge in [-0.3, -0.25) is 9.78 Å². The molecule has 2 N–H and O–H groups in total. The Labute approximate surface area is 116 Å². The van der Waals surface area contributed by atoms with Crippen molar-refractivity contribution >= 4 is 17.4 Å². The van der Waals surface area contributed by atoms with E-state index in [4.69, 9.17) is 0 Å². The van der Waals surface area contributed by atoms with Crippen molar-refractivity contribution in [3.05, 3.63) is 48.2 Å². The van der Waals surface area contributed by atoms with Crippen LogP contribution in [0.1, 0.15) is 23.8 Å². The minimum absolute atomic E-state index is 0.0821. The van der Waals surface area contributed by atoms with Crippen LogP contribution in [0.15, 0.2) is 36.7 Å². The molecule has 0 unspecified atom stereocenters. The van der Waals surface area contributed by atoms with Crippen LogP contribution in [0.3, 0.4) is 0 Å². The van der Waals surface area contributed by atoms with Gasteiger partial charge in [-0.2, -0.15) is 0 Å². The van der Waals surface area contributed by atoms with Gasteiger partial charge in [0.2, 0.25) is 0 Å². The highest BCUT2D eigenvalue weighted by atomic mass is 19.1. The van der Waals surface area contributed by atoms with E-state index in [0.717, 1.165) is 19.2 Å². The third-order valence-electron chi connectivity index (χ3n) is 2.56. The van der Waals surface area contributed by atoms with Gasteiger partial charge >= 0.3 is 0 Å². The summed E-state index contributed by atoms with van der Waals surface area (Å²) in [4.78, 5) is 19.8. The lowest BCUT2D eigenvalue weighted by molar-refractivity contribution is 0.102. The summed E-state index contributed by atoms with van der Waals surface area (Å²) in [5, 5.41) is 5.56. The maximum atomic E-state index is 13.4. The van der Waals surface area contributed by atoms with Crippen molar-refractivity contribution in [1.29, 1.82) is 0 Å². The van der Waals surface area contributed by atoms with E-state index in [0.29, 0.717) is 5.82 Å². The SMILES string of the molecule is CCCNc1cccc(C(=O)Nc2ccncc2F)n1. The average molecular weight is 274 g/mol. The number of aromatic nitrogens is 2. The van der Waals surface area contributed by atoms with E-state index in [1.54, 1.807) is 18.2 Å². The normalized spacial score (nSPS) is 10.1. The van der Waals surface area contributed by atoms with Gasteiger partial charge in [-0.05, 0) is 24.6 Å². The number of nitrogens with one attached hydrogen (secondary N) is 2. The van der Waals surface area contributed by atoms with Crippen molar-refractivity contribution in [2.45, 2.75) is 13.3 Å². The maximum absolute atomic E-state index is 13.4. The zero-order valence-electron chi connectivity index (χ0n) is 11.1. The first kappa shape index (κ1) is 13.9. The predicted molar refractivity (Wildman–Crippen MR) is 75.2 cm³/mol. The molecular weight excluding hydrogens is 259 g/mol. The van der Waals surface area contributed by atoms with E-state index in [2.05, 4.69) is 20.6 Å². The highest BCUT2D eigenvalue weighted by molar-refractivity contribution is 6.03. The van der Waals surface area contributed by atoms with Crippen molar-refractivity contribution in [2.75, 3.05) is 17.2 Å². The van der Waals surface area contributed by atoms with Crippen LogP contribution in [0.5, 0.6) is 0 Å². The molecule has 2 aromatic rings. The molecule has 0 aliphatic rings. The average Bonchev–Trinajstić information content (AvgIpc) is 2.48. The van der Waals surface area contributed by atoms with Crippen LogP contribution < -0.4 is 10.6 Å². The minimum atomic E-state index is -0.582. The first-order valence-electron chi connectivity index (χ1n) is 6.32. The highest BCUT2D eigenvalue weighted by Gasteiger charge is 2.10. The number of amides is 1. The number of rotatable bonds is 5. The number of nitrogens with zero attached hydrogens (tertiary/aromatic N) is 2. The van der Waals surface area contributed by atoms with Crippen LogP contribution in [0.25, 0.3) is 0 Å². The first-order chi connectivity index (χ1) is 9.70. The summed E-state index contributed by atoms with van der Waals surface area (Å²) in [6, 6.07) is 6.47. The van der Waals surface area contributed by atoms with Gasteiger partial charge in [-0.1, -0.05) is 13.0 Å². The van der Waals surface area contributed by atoms with Gasteiger partial charge in [0.05, 0.1) is 11.9 Å². The van der Waals surface area contributed by atoms with Crippen molar-refractivity contribution in [2.24, 2.45) is 0 Å². The van der Waals surface area contributed by atoms with Crippen molar-refractivity contribution in [3.8, 4) is 0 Å². The van der Waals surface area contributed by atoms with Gasteiger partial charge in [0.25, 0.3) is 5.91 Å². The highest BCUT2D eigenvalue weighted by Crippen LogP contribution is 2.13. The van der Waals surface area contributed by atoms with Crippen LogP contribution in [0.2, 0.25) is 0 Å². The number of anilines is 2. The lowest BCUT2D eigenvalue weighted by atomic mass is 10.3. The quantitative estimate of drug-likeness (QED) is 0.879. The summed E-state index contributed by atoms with van der Waals surface area (Å²) in [5.74, 6) is -0.425. The molecule has 2 rings (SSSR count). The van der Waals surface area contributed by atoms with Gasteiger partial charge in [0.15, 0.2) is 5.82 Å². The molecule has 0 bridgehead atoms. The van der Waals surface area contributed by atoms with E-state index in [-0.39, 0.29) is 11.4 Å². The number of pyridine rings is 2. The Morgan fingerprint density at radius 2 is 2.20 bits per heavy atom. The monoisotopic (exact) mass is 274 g/mol. The maximum Gasteiger partial charge on any atom is 0.274 e. The zero-order valence-corrected chi connectivity index (χ0v) is 11.1. The molecule has 0 aromatic carbocycles. The van der Waals surface area contributed by atoms with Crippen LogP contribution in [-0.4, -0.2) is 22.4 Å². The summed E-state index contributed by atoms with van der Waals surface area (Å²) in [6.07, 6.45) is 3.41. The Bertz CT molecular complexity index is 603. The van der Waals surface area contributed by atoms with E-state index < -0.39 is 11.7 Å². The lowest BCUT2D eigenvalue weighted by Gasteiger charge is -2.07. The van der Waals surface area contributed by atoms with Gasteiger partial charge in [-0.25, -0.2) is 9.37 Å². The molecule has 0 atom stereocenters. The fourth-order valence-electron chi connectivity index (χ4n) is 1.58.